The fourth-order valence-corrected chi connectivity index (χ4v) is 2.70. The van der Waals surface area contributed by atoms with Crippen molar-refractivity contribution in [3.63, 3.8) is 0 Å². The van der Waals surface area contributed by atoms with Crippen molar-refractivity contribution in [3.8, 4) is 0 Å². The van der Waals surface area contributed by atoms with E-state index in [0.29, 0.717) is 17.9 Å². The van der Waals surface area contributed by atoms with Crippen LogP contribution < -0.4 is 5.32 Å². The minimum atomic E-state index is 0.0928. The summed E-state index contributed by atoms with van der Waals surface area (Å²) < 4.78 is 0. The Labute approximate surface area is 97.8 Å². The lowest BCUT2D eigenvalue weighted by molar-refractivity contribution is -0.119. The van der Waals surface area contributed by atoms with E-state index in [4.69, 9.17) is 0 Å². The largest absolute Gasteiger partial charge is 0.353 e. The maximum absolute atomic E-state index is 11.0. The standard InChI is InChI=1S/C14H21NO/c1-9-6-12-4-5-14(15-11(3)16)8-13(12)7-10(9)2/h6-7,9-10,14H,4-5,8H2,1-3H3,(H,15,16). The monoisotopic (exact) mass is 219 g/mol. The topological polar surface area (TPSA) is 29.1 Å². The van der Waals surface area contributed by atoms with E-state index in [9.17, 15) is 4.79 Å². The molecule has 2 aliphatic rings. The van der Waals surface area contributed by atoms with Crippen LogP contribution in [-0.2, 0) is 4.79 Å². The van der Waals surface area contributed by atoms with E-state index in [1.807, 2.05) is 0 Å². The van der Waals surface area contributed by atoms with E-state index in [2.05, 4.69) is 31.3 Å². The number of amides is 1. The fraction of sp³-hybridized carbons (Fsp3) is 0.643. The first-order valence-corrected chi connectivity index (χ1v) is 6.25. The molecule has 3 atom stereocenters. The zero-order valence-electron chi connectivity index (χ0n) is 10.4. The lowest BCUT2D eigenvalue weighted by Crippen LogP contribution is -2.36. The van der Waals surface area contributed by atoms with E-state index >= 15 is 0 Å². The Kier molecular flexibility index (Phi) is 3.17. The summed E-state index contributed by atoms with van der Waals surface area (Å²) in [5.74, 6) is 1.39. The minimum absolute atomic E-state index is 0.0928. The number of rotatable bonds is 1. The van der Waals surface area contributed by atoms with Gasteiger partial charge in [0.25, 0.3) is 0 Å². The molecule has 16 heavy (non-hydrogen) atoms. The first-order chi connectivity index (χ1) is 7.56. The molecule has 0 heterocycles. The molecule has 0 aromatic heterocycles. The van der Waals surface area contributed by atoms with Gasteiger partial charge in [0.05, 0.1) is 0 Å². The molecule has 88 valence electrons. The Morgan fingerprint density at radius 3 is 2.50 bits per heavy atom. The quantitative estimate of drug-likeness (QED) is 0.722. The van der Waals surface area contributed by atoms with Gasteiger partial charge >= 0.3 is 0 Å². The second-order valence-electron chi connectivity index (χ2n) is 5.24. The minimum Gasteiger partial charge on any atom is -0.353 e. The van der Waals surface area contributed by atoms with E-state index in [1.54, 1.807) is 6.92 Å². The van der Waals surface area contributed by atoms with Crippen LogP contribution >= 0.6 is 0 Å². The van der Waals surface area contributed by atoms with Crippen LogP contribution in [0, 0.1) is 11.8 Å². The van der Waals surface area contributed by atoms with Crippen LogP contribution in [-0.4, -0.2) is 11.9 Å². The van der Waals surface area contributed by atoms with Gasteiger partial charge in [-0.1, -0.05) is 26.0 Å². The number of carbonyl (C=O) groups is 1. The average molecular weight is 219 g/mol. The first-order valence-electron chi connectivity index (χ1n) is 6.25. The molecule has 0 aromatic rings. The third kappa shape index (κ3) is 2.37. The van der Waals surface area contributed by atoms with Crippen molar-refractivity contribution in [2.45, 2.75) is 46.1 Å². The highest BCUT2D eigenvalue weighted by Crippen LogP contribution is 2.36. The molecule has 2 nitrogen and oxygen atoms in total. The summed E-state index contributed by atoms with van der Waals surface area (Å²) in [7, 11) is 0. The Morgan fingerprint density at radius 1 is 1.25 bits per heavy atom. The van der Waals surface area contributed by atoms with Crippen molar-refractivity contribution >= 4 is 5.91 Å². The molecule has 2 heteroatoms. The molecule has 1 fully saturated rings. The summed E-state index contributed by atoms with van der Waals surface area (Å²) in [5, 5.41) is 3.03. The van der Waals surface area contributed by atoms with Crippen molar-refractivity contribution < 1.29 is 4.79 Å². The number of allylic oxidation sites excluding steroid dienone is 3. The second-order valence-corrected chi connectivity index (χ2v) is 5.24. The highest BCUT2D eigenvalue weighted by Gasteiger charge is 2.25. The maximum Gasteiger partial charge on any atom is 0.217 e. The van der Waals surface area contributed by atoms with Crippen LogP contribution in [0.2, 0.25) is 0 Å². The van der Waals surface area contributed by atoms with Crippen LogP contribution in [0.1, 0.15) is 40.0 Å². The molecule has 0 radical (unpaired) electrons. The van der Waals surface area contributed by atoms with E-state index in [0.717, 1.165) is 19.3 Å². The zero-order chi connectivity index (χ0) is 11.7. The van der Waals surface area contributed by atoms with Crippen LogP contribution in [0.25, 0.3) is 0 Å². The number of nitrogens with one attached hydrogen (secondary N) is 1. The average Bonchev–Trinajstić information content (AvgIpc) is 2.19. The molecule has 1 N–H and O–H groups in total. The van der Waals surface area contributed by atoms with Gasteiger partial charge in [0.1, 0.15) is 0 Å². The summed E-state index contributed by atoms with van der Waals surface area (Å²) in [6, 6.07) is 0.349. The fourth-order valence-electron chi connectivity index (χ4n) is 2.70. The van der Waals surface area contributed by atoms with Crippen molar-refractivity contribution in [3.05, 3.63) is 23.3 Å². The smallest absolute Gasteiger partial charge is 0.217 e. The van der Waals surface area contributed by atoms with Crippen LogP contribution in [0.4, 0.5) is 0 Å². The van der Waals surface area contributed by atoms with Gasteiger partial charge < -0.3 is 5.32 Å². The van der Waals surface area contributed by atoms with Gasteiger partial charge in [0.2, 0.25) is 5.91 Å². The molecule has 1 amide bonds. The lowest BCUT2D eigenvalue weighted by Gasteiger charge is -2.32. The molecule has 0 aromatic carbocycles. The van der Waals surface area contributed by atoms with Gasteiger partial charge in [-0.05, 0) is 42.2 Å². The number of fused-ring (bicyclic) bond motifs is 1. The van der Waals surface area contributed by atoms with E-state index in [1.165, 1.54) is 11.1 Å². The first kappa shape index (κ1) is 11.4. The summed E-state index contributed by atoms with van der Waals surface area (Å²) in [4.78, 5) is 11.0. The predicted molar refractivity (Wildman–Crippen MR) is 65.9 cm³/mol. The van der Waals surface area contributed by atoms with Gasteiger partial charge in [-0.3, -0.25) is 4.79 Å². The molecule has 1 saturated carbocycles. The predicted octanol–water partition coefficient (Wildman–Crippen LogP) is 2.81. The van der Waals surface area contributed by atoms with Crippen molar-refractivity contribution in [1.29, 1.82) is 0 Å². The normalized spacial score (nSPS) is 33.6. The number of hydrogen-bond donors (Lipinski definition) is 1. The van der Waals surface area contributed by atoms with Crippen LogP contribution in [0.15, 0.2) is 23.3 Å². The van der Waals surface area contributed by atoms with Crippen LogP contribution in [0.3, 0.4) is 0 Å². The highest BCUT2D eigenvalue weighted by molar-refractivity contribution is 5.73. The Balaban J connectivity index is 2.07. The molecule has 0 saturated heterocycles. The van der Waals surface area contributed by atoms with Gasteiger partial charge in [-0.2, -0.15) is 0 Å². The highest BCUT2D eigenvalue weighted by atomic mass is 16.1. The van der Waals surface area contributed by atoms with Gasteiger partial charge in [-0.25, -0.2) is 0 Å². The molecule has 0 bridgehead atoms. The molecular weight excluding hydrogens is 198 g/mol. The molecule has 0 aliphatic heterocycles. The molecule has 0 spiro atoms. The third-order valence-electron chi connectivity index (χ3n) is 3.81. The van der Waals surface area contributed by atoms with Crippen LogP contribution in [0.5, 0.6) is 0 Å². The Bertz CT molecular complexity index is 354. The Morgan fingerprint density at radius 2 is 1.88 bits per heavy atom. The van der Waals surface area contributed by atoms with Crippen molar-refractivity contribution in [2.75, 3.05) is 0 Å². The van der Waals surface area contributed by atoms with E-state index < -0.39 is 0 Å². The van der Waals surface area contributed by atoms with Crippen molar-refractivity contribution in [2.24, 2.45) is 11.8 Å². The molecular formula is C14H21NO. The SMILES string of the molecule is CC(=O)NC1CCC2=CC(C)C(C)C=C2C1. The lowest BCUT2D eigenvalue weighted by atomic mass is 9.77. The molecule has 2 aliphatic carbocycles. The van der Waals surface area contributed by atoms with Gasteiger partial charge in [0, 0.05) is 13.0 Å². The summed E-state index contributed by atoms with van der Waals surface area (Å²) in [6.45, 7) is 6.16. The number of hydrogen-bond acceptors (Lipinski definition) is 1. The maximum atomic E-state index is 11.0. The second kappa shape index (κ2) is 4.44. The van der Waals surface area contributed by atoms with E-state index in [-0.39, 0.29) is 5.91 Å². The zero-order valence-corrected chi connectivity index (χ0v) is 10.4. The van der Waals surface area contributed by atoms with Gasteiger partial charge in [-0.15, -0.1) is 0 Å². The third-order valence-corrected chi connectivity index (χ3v) is 3.81. The van der Waals surface area contributed by atoms with Gasteiger partial charge in [0.15, 0.2) is 0 Å². The van der Waals surface area contributed by atoms with Crippen molar-refractivity contribution in [1.82, 2.24) is 5.32 Å². The molecule has 3 unspecified atom stereocenters. The Hall–Kier alpha value is -1.05. The molecule has 2 rings (SSSR count). The summed E-state index contributed by atoms with van der Waals surface area (Å²) in [5.41, 5.74) is 2.99. The summed E-state index contributed by atoms with van der Waals surface area (Å²) in [6.07, 6.45) is 8.04. The number of carbonyl (C=O) groups excluding carboxylic acids is 1. The summed E-state index contributed by atoms with van der Waals surface area (Å²) >= 11 is 0.